The number of rotatable bonds is 5. The molecule has 1 aromatic rings. The minimum absolute atomic E-state index is 0.127. The molecule has 0 aliphatic carbocycles. The van der Waals surface area contributed by atoms with E-state index in [2.05, 4.69) is 15.3 Å². The van der Waals surface area contributed by atoms with E-state index in [-0.39, 0.29) is 12.0 Å². The number of aliphatic hydroxyl groups excluding tert-OH is 1. The molecule has 84 valence electrons. The fraction of sp³-hybridized carbons (Fsp3) is 0.600. The minimum Gasteiger partial charge on any atom is -0.481 e. The van der Waals surface area contributed by atoms with Gasteiger partial charge in [-0.1, -0.05) is 13.8 Å². The molecule has 2 N–H and O–H groups in total. The molecule has 0 saturated heterocycles. The second-order valence-electron chi connectivity index (χ2n) is 4.12. The smallest absolute Gasteiger partial charge is 0.218 e. The summed E-state index contributed by atoms with van der Waals surface area (Å²) < 4.78 is 4.97. The van der Waals surface area contributed by atoms with Crippen molar-refractivity contribution in [2.24, 2.45) is 5.41 Å². The maximum absolute atomic E-state index is 9.08. The molecular weight excluding hydrogens is 194 g/mol. The molecule has 0 aliphatic heterocycles. The number of aliphatic hydroxyl groups is 1. The molecule has 0 radical (unpaired) electrons. The molecular formula is C10H17N3O2. The monoisotopic (exact) mass is 211 g/mol. The molecule has 0 aromatic carbocycles. The van der Waals surface area contributed by atoms with Crippen LogP contribution < -0.4 is 10.1 Å². The average molecular weight is 211 g/mol. The summed E-state index contributed by atoms with van der Waals surface area (Å²) in [5.41, 5.74) is -0.168. The minimum atomic E-state index is -0.168. The van der Waals surface area contributed by atoms with Gasteiger partial charge in [-0.3, -0.25) is 0 Å². The topological polar surface area (TPSA) is 67.3 Å². The Labute approximate surface area is 89.5 Å². The Balaban J connectivity index is 2.57. The van der Waals surface area contributed by atoms with Gasteiger partial charge in [-0.2, -0.15) is 0 Å². The van der Waals surface area contributed by atoms with Gasteiger partial charge in [-0.05, 0) is 0 Å². The van der Waals surface area contributed by atoms with Gasteiger partial charge in [0.05, 0.1) is 7.11 Å². The summed E-state index contributed by atoms with van der Waals surface area (Å²) >= 11 is 0. The molecule has 0 spiro atoms. The second kappa shape index (κ2) is 4.93. The third-order valence-corrected chi connectivity index (χ3v) is 2.03. The Bertz CT molecular complexity index is 315. The Kier molecular flexibility index (Phi) is 3.85. The van der Waals surface area contributed by atoms with E-state index in [4.69, 9.17) is 9.84 Å². The van der Waals surface area contributed by atoms with Gasteiger partial charge >= 0.3 is 0 Å². The van der Waals surface area contributed by atoms with Crippen molar-refractivity contribution in [2.45, 2.75) is 13.8 Å². The first-order chi connectivity index (χ1) is 7.07. The van der Waals surface area contributed by atoms with Crippen molar-refractivity contribution in [2.75, 3.05) is 25.6 Å². The molecule has 5 heteroatoms. The lowest BCUT2D eigenvalue weighted by atomic mass is 9.95. The van der Waals surface area contributed by atoms with Crippen molar-refractivity contribution in [3.05, 3.63) is 12.4 Å². The largest absolute Gasteiger partial charge is 0.481 e. The van der Waals surface area contributed by atoms with Crippen LogP contribution in [0.4, 0.5) is 5.82 Å². The van der Waals surface area contributed by atoms with Crippen molar-refractivity contribution in [1.82, 2.24) is 9.97 Å². The van der Waals surface area contributed by atoms with Crippen molar-refractivity contribution in [1.29, 1.82) is 0 Å². The lowest BCUT2D eigenvalue weighted by molar-refractivity contribution is 0.170. The van der Waals surface area contributed by atoms with Gasteiger partial charge in [0.25, 0.3) is 0 Å². The van der Waals surface area contributed by atoms with E-state index in [1.54, 1.807) is 13.2 Å². The van der Waals surface area contributed by atoms with Crippen molar-refractivity contribution < 1.29 is 9.84 Å². The standard InChI is InChI=1S/C10H17N3O2/c1-10(2,6-14)5-11-8-4-9(15-3)13-7-12-8/h4,7,14H,5-6H2,1-3H3,(H,11,12,13). The summed E-state index contributed by atoms with van der Waals surface area (Å²) in [6.45, 7) is 4.71. The summed E-state index contributed by atoms with van der Waals surface area (Å²) in [6.07, 6.45) is 1.44. The van der Waals surface area contributed by atoms with Crippen LogP contribution in [0.25, 0.3) is 0 Å². The fourth-order valence-electron chi connectivity index (χ4n) is 0.934. The van der Waals surface area contributed by atoms with Crippen molar-refractivity contribution in [3.63, 3.8) is 0 Å². The predicted octanol–water partition coefficient (Wildman–Crippen LogP) is 0.916. The number of anilines is 1. The van der Waals surface area contributed by atoms with E-state index in [0.29, 0.717) is 18.2 Å². The maximum Gasteiger partial charge on any atom is 0.218 e. The molecule has 1 heterocycles. The molecule has 1 rings (SSSR count). The summed E-state index contributed by atoms with van der Waals surface area (Å²) in [4.78, 5) is 7.94. The summed E-state index contributed by atoms with van der Waals surface area (Å²) in [5.74, 6) is 1.22. The van der Waals surface area contributed by atoms with Crippen LogP contribution in [0.2, 0.25) is 0 Å². The molecule has 0 fully saturated rings. The Morgan fingerprint density at radius 2 is 2.20 bits per heavy atom. The Hall–Kier alpha value is -1.36. The zero-order valence-electron chi connectivity index (χ0n) is 9.32. The lowest BCUT2D eigenvalue weighted by Gasteiger charge is -2.22. The Morgan fingerprint density at radius 1 is 1.47 bits per heavy atom. The first kappa shape index (κ1) is 11.7. The van der Waals surface area contributed by atoms with Gasteiger partial charge in [-0.25, -0.2) is 9.97 Å². The normalized spacial score (nSPS) is 11.2. The molecule has 0 unspecified atom stereocenters. The van der Waals surface area contributed by atoms with Gasteiger partial charge in [0.2, 0.25) is 5.88 Å². The van der Waals surface area contributed by atoms with Gasteiger partial charge in [-0.15, -0.1) is 0 Å². The molecule has 0 bridgehead atoms. The highest BCUT2D eigenvalue weighted by Gasteiger charge is 2.16. The summed E-state index contributed by atoms with van der Waals surface area (Å²) in [5, 5.41) is 12.2. The second-order valence-corrected chi connectivity index (χ2v) is 4.12. The van der Waals surface area contributed by atoms with Gasteiger partial charge in [0, 0.05) is 24.6 Å². The molecule has 0 aliphatic rings. The van der Waals surface area contributed by atoms with Crippen LogP contribution in [0, 0.1) is 5.41 Å². The highest BCUT2D eigenvalue weighted by atomic mass is 16.5. The summed E-state index contributed by atoms with van der Waals surface area (Å²) in [7, 11) is 1.56. The number of methoxy groups -OCH3 is 1. The lowest BCUT2D eigenvalue weighted by Crippen LogP contribution is -2.27. The van der Waals surface area contributed by atoms with E-state index in [1.165, 1.54) is 6.33 Å². The first-order valence-electron chi connectivity index (χ1n) is 4.78. The third-order valence-electron chi connectivity index (χ3n) is 2.03. The molecule has 1 aromatic heterocycles. The van der Waals surface area contributed by atoms with Gasteiger partial charge in [0.1, 0.15) is 12.1 Å². The predicted molar refractivity (Wildman–Crippen MR) is 57.9 cm³/mol. The van der Waals surface area contributed by atoms with E-state index in [0.717, 1.165) is 0 Å². The van der Waals surface area contributed by atoms with E-state index < -0.39 is 0 Å². The summed E-state index contributed by atoms with van der Waals surface area (Å²) in [6, 6.07) is 1.72. The maximum atomic E-state index is 9.08. The SMILES string of the molecule is COc1cc(NCC(C)(C)CO)ncn1. The third kappa shape index (κ3) is 3.71. The molecule has 0 amide bonds. The van der Waals surface area contributed by atoms with Crippen molar-refractivity contribution in [3.8, 4) is 5.88 Å². The quantitative estimate of drug-likeness (QED) is 0.758. The van der Waals surface area contributed by atoms with Crippen LogP contribution in [-0.4, -0.2) is 35.3 Å². The van der Waals surface area contributed by atoms with E-state index in [9.17, 15) is 0 Å². The van der Waals surface area contributed by atoms with E-state index in [1.807, 2.05) is 13.8 Å². The number of hydrogen-bond donors (Lipinski definition) is 2. The van der Waals surface area contributed by atoms with Crippen LogP contribution in [-0.2, 0) is 0 Å². The van der Waals surface area contributed by atoms with Crippen molar-refractivity contribution >= 4 is 5.82 Å². The fourth-order valence-corrected chi connectivity index (χ4v) is 0.934. The first-order valence-corrected chi connectivity index (χ1v) is 4.78. The van der Waals surface area contributed by atoms with Crippen LogP contribution in [0.3, 0.4) is 0 Å². The average Bonchev–Trinajstić information content (AvgIpc) is 2.27. The number of aromatic nitrogens is 2. The Morgan fingerprint density at radius 3 is 2.80 bits per heavy atom. The van der Waals surface area contributed by atoms with Crippen LogP contribution >= 0.6 is 0 Å². The number of nitrogens with one attached hydrogen (secondary N) is 1. The highest BCUT2D eigenvalue weighted by molar-refractivity contribution is 5.37. The molecule has 0 atom stereocenters. The van der Waals surface area contributed by atoms with Crippen LogP contribution in [0.15, 0.2) is 12.4 Å². The molecule has 0 saturated carbocycles. The van der Waals surface area contributed by atoms with Crippen LogP contribution in [0.5, 0.6) is 5.88 Å². The van der Waals surface area contributed by atoms with Crippen LogP contribution in [0.1, 0.15) is 13.8 Å². The number of nitrogens with zero attached hydrogens (tertiary/aromatic N) is 2. The highest BCUT2D eigenvalue weighted by Crippen LogP contribution is 2.16. The van der Waals surface area contributed by atoms with E-state index >= 15 is 0 Å². The number of hydrogen-bond acceptors (Lipinski definition) is 5. The zero-order chi connectivity index (χ0) is 11.3. The van der Waals surface area contributed by atoms with Gasteiger partial charge in [0.15, 0.2) is 0 Å². The molecule has 15 heavy (non-hydrogen) atoms. The van der Waals surface area contributed by atoms with Gasteiger partial charge < -0.3 is 15.2 Å². The number of ether oxygens (including phenoxy) is 1. The zero-order valence-corrected chi connectivity index (χ0v) is 9.32. The molecule has 5 nitrogen and oxygen atoms in total.